The number of nitrogens with zero attached hydrogens (tertiary/aromatic N) is 2. The molecular weight excluding hydrogens is 376 g/mol. The molecule has 0 saturated carbocycles. The number of aromatic nitrogens is 3. The number of hydrogen-bond acceptors (Lipinski definition) is 5. The molecule has 1 atom stereocenters. The summed E-state index contributed by atoms with van der Waals surface area (Å²) in [6, 6.07) is 10.0. The Kier molecular flexibility index (Phi) is 4.44. The number of nitrogens with one attached hydrogen (secondary N) is 2. The van der Waals surface area contributed by atoms with Crippen LogP contribution < -0.4 is 10.9 Å². The smallest absolute Gasteiger partial charge is 0.270 e. The van der Waals surface area contributed by atoms with E-state index in [9.17, 15) is 9.59 Å². The van der Waals surface area contributed by atoms with E-state index in [1.165, 1.54) is 11.8 Å². The van der Waals surface area contributed by atoms with Crippen molar-refractivity contribution in [2.75, 3.05) is 24.3 Å². The first-order valence-corrected chi connectivity index (χ1v) is 10.4. The first kappa shape index (κ1) is 17.5. The van der Waals surface area contributed by atoms with Crippen molar-refractivity contribution in [2.45, 2.75) is 24.1 Å². The van der Waals surface area contributed by atoms with Gasteiger partial charge in [-0.05, 0) is 24.5 Å². The Morgan fingerprint density at radius 3 is 2.82 bits per heavy atom. The van der Waals surface area contributed by atoms with Gasteiger partial charge < -0.3 is 10.1 Å². The molecule has 1 fully saturated rings. The number of amides is 1. The van der Waals surface area contributed by atoms with Crippen LogP contribution in [-0.2, 0) is 9.53 Å². The maximum Gasteiger partial charge on any atom is 0.270 e. The number of benzene rings is 1. The monoisotopic (exact) mass is 396 g/mol. The SMILES string of the molecule is O=C1CSC(c2cccc3cccnc23)c2c(n(C3CCOCC3)[nH]c2=O)N1. The van der Waals surface area contributed by atoms with E-state index in [-0.39, 0.29) is 28.5 Å². The molecule has 1 aromatic carbocycles. The molecule has 0 bridgehead atoms. The number of rotatable bonds is 2. The van der Waals surface area contributed by atoms with E-state index in [0.717, 1.165) is 29.3 Å². The average Bonchev–Trinajstić information content (AvgIpc) is 2.94. The third kappa shape index (κ3) is 2.93. The average molecular weight is 396 g/mol. The molecule has 28 heavy (non-hydrogen) atoms. The molecule has 5 rings (SSSR count). The van der Waals surface area contributed by atoms with Gasteiger partial charge in [0.25, 0.3) is 5.56 Å². The fraction of sp³-hybridized carbons (Fsp3) is 0.350. The highest BCUT2D eigenvalue weighted by atomic mass is 32.2. The van der Waals surface area contributed by atoms with Crippen molar-refractivity contribution < 1.29 is 9.53 Å². The van der Waals surface area contributed by atoms with Gasteiger partial charge in [-0.15, -0.1) is 11.8 Å². The lowest BCUT2D eigenvalue weighted by Gasteiger charge is -2.25. The lowest BCUT2D eigenvalue weighted by Crippen LogP contribution is -2.24. The minimum Gasteiger partial charge on any atom is -0.381 e. The topological polar surface area (TPSA) is 89.0 Å². The normalized spacial score (nSPS) is 20.6. The Morgan fingerprint density at radius 2 is 1.96 bits per heavy atom. The fourth-order valence-electron chi connectivity index (χ4n) is 4.05. The Morgan fingerprint density at radius 1 is 1.14 bits per heavy atom. The van der Waals surface area contributed by atoms with Gasteiger partial charge in [-0.25, -0.2) is 0 Å². The number of para-hydroxylation sites is 1. The summed E-state index contributed by atoms with van der Waals surface area (Å²) in [6.45, 7) is 1.30. The van der Waals surface area contributed by atoms with Gasteiger partial charge >= 0.3 is 0 Å². The molecule has 2 aliphatic rings. The number of anilines is 1. The maximum absolute atomic E-state index is 13.0. The molecule has 144 valence electrons. The number of carbonyl (C=O) groups excluding carboxylic acids is 1. The molecule has 7 nitrogen and oxygen atoms in total. The molecule has 3 aromatic rings. The molecule has 2 N–H and O–H groups in total. The van der Waals surface area contributed by atoms with Crippen LogP contribution in [0.3, 0.4) is 0 Å². The maximum atomic E-state index is 13.0. The summed E-state index contributed by atoms with van der Waals surface area (Å²) >= 11 is 1.47. The van der Waals surface area contributed by atoms with Crippen LogP contribution in [0.5, 0.6) is 0 Å². The summed E-state index contributed by atoms with van der Waals surface area (Å²) in [5, 5.41) is 6.70. The van der Waals surface area contributed by atoms with Crippen LogP contribution in [0, 0.1) is 0 Å². The van der Waals surface area contributed by atoms with Crippen molar-refractivity contribution in [2.24, 2.45) is 0 Å². The summed E-state index contributed by atoms with van der Waals surface area (Å²) in [4.78, 5) is 30.0. The van der Waals surface area contributed by atoms with Gasteiger partial charge in [-0.2, -0.15) is 0 Å². The molecule has 2 aliphatic heterocycles. The van der Waals surface area contributed by atoms with E-state index in [0.29, 0.717) is 24.6 Å². The molecule has 2 aromatic heterocycles. The van der Waals surface area contributed by atoms with Crippen molar-refractivity contribution in [1.29, 1.82) is 0 Å². The minimum absolute atomic E-state index is 0.0956. The van der Waals surface area contributed by atoms with Gasteiger partial charge in [-0.3, -0.25) is 24.4 Å². The predicted octanol–water partition coefficient (Wildman–Crippen LogP) is 2.85. The standard InChI is InChI=1S/C20H20N4O3S/c25-15-11-28-18(14-5-1-3-12-4-2-8-21-17(12)14)16-19(22-15)24(23-20(16)26)13-6-9-27-10-7-13/h1-5,8,13,18H,6-7,9-11H2,(H,22,25)(H,23,26). The van der Waals surface area contributed by atoms with Crippen LogP contribution in [0.4, 0.5) is 5.82 Å². The van der Waals surface area contributed by atoms with Gasteiger partial charge in [0, 0.05) is 24.8 Å². The van der Waals surface area contributed by atoms with Crippen molar-refractivity contribution in [1.82, 2.24) is 14.8 Å². The molecular formula is C20H20N4O3S. The van der Waals surface area contributed by atoms with Crippen molar-refractivity contribution in [3.63, 3.8) is 0 Å². The number of H-pyrrole nitrogens is 1. The Hall–Kier alpha value is -2.58. The Bertz CT molecular complexity index is 1100. The quantitative estimate of drug-likeness (QED) is 0.695. The first-order valence-electron chi connectivity index (χ1n) is 9.39. The van der Waals surface area contributed by atoms with E-state index < -0.39 is 0 Å². The molecule has 4 heterocycles. The zero-order valence-corrected chi connectivity index (χ0v) is 16.0. The Labute approximate surface area is 165 Å². The molecule has 0 spiro atoms. The second kappa shape index (κ2) is 7.10. The summed E-state index contributed by atoms with van der Waals surface area (Å²) in [5.41, 5.74) is 2.26. The van der Waals surface area contributed by atoms with E-state index >= 15 is 0 Å². The third-order valence-electron chi connectivity index (χ3n) is 5.37. The van der Waals surface area contributed by atoms with Crippen molar-refractivity contribution in [3.8, 4) is 0 Å². The summed E-state index contributed by atoms with van der Waals surface area (Å²) in [7, 11) is 0. The van der Waals surface area contributed by atoms with E-state index in [1.54, 1.807) is 6.20 Å². The highest BCUT2D eigenvalue weighted by molar-refractivity contribution is 8.00. The second-order valence-corrected chi connectivity index (χ2v) is 8.17. The van der Waals surface area contributed by atoms with Gasteiger partial charge in [0.2, 0.25) is 5.91 Å². The van der Waals surface area contributed by atoms with Gasteiger partial charge in [0.05, 0.1) is 28.1 Å². The number of aromatic amines is 1. The van der Waals surface area contributed by atoms with Crippen LogP contribution in [-0.4, -0.2) is 39.6 Å². The van der Waals surface area contributed by atoms with Crippen LogP contribution in [0.1, 0.15) is 35.3 Å². The van der Waals surface area contributed by atoms with Crippen LogP contribution in [0.2, 0.25) is 0 Å². The Balaban J connectivity index is 1.68. The molecule has 1 amide bonds. The number of ether oxygens (including phenoxy) is 1. The number of carbonyl (C=O) groups is 1. The summed E-state index contributed by atoms with van der Waals surface area (Å²) < 4.78 is 7.29. The van der Waals surface area contributed by atoms with Crippen LogP contribution in [0.15, 0.2) is 41.3 Å². The molecule has 8 heteroatoms. The fourth-order valence-corrected chi connectivity index (χ4v) is 5.19. The molecule has 1 saturated heterocycles. The minimum atomic E-state index is -0.266. The molecule has 0 aliphatic carbocycles. The van der Waals surface area contributed by atoms with Crippen molar-refractivity contribution >= 4 is 34.4 Å². The lowest BCUT2D eigenvalue weighted by molar-refractivity contribution is -0.113. The van der Waals surface area contributed by atoms with Gasteiger partial charge in [0.15, 0.2) is 0 Å². The number of pyridine rings is 1. The second-order valence-electron chi connectivity index (χ2n) is 7.08. The largest absolute Gasteiger partial charge is 0.381 e. The summed E-state index contributed by atoms with van der Waals surface area (Å²) in [6.07, 6.45) is 3.37. The first-order chi connectivity index (χ1) is 13.7. The van der Waals surface area contributed by atoms with E-state index in [1.807, 2.05) is 35.0 Å². The number of fused-ring (bicyclic) bond motifs is 2. The molecule has 0 radical (unpaired) electrons. The van der Waals surface area contributed by atoms with E-state index in [2.05, 4.69) is 15.4 Å². The zero-order valence-electron chi connectivity index (χ0n) is 15.2. The molecule has 1 unspecified atom stereocenters. The van der Waals surface area contributed by atoms with Crippen LogP contribution >= 0.6 is 11.8 Å². The third-order valence-corrected chi connectivity index (χ3v) is 6.62. The van der Waals surface area contributed by atoms with Crippen molar-refractivity contribution in [3.05, 3.63) is 58.0 Å². The van der Waals surface area contributed by atoms with Crippen LogP contribution in [0.25, 0.3) is 10.9 Å². The zero-order chi connectivity index (χ0) is 19.1. The highest BCUT2D eigenvalue weighted by Gasteiger charge is 2.33. The van der Waals surface area contributed by atoms with E-state index in [4.69, 9.17) is 4.74 Å². The number of hydrogen-bond donors (Lipinski definition) is 2. The van der Waals surface area contributed by atoms with Gasteiger partial charge in [-0.1, -0.05) is 24.3 Å². The van der Waals surface area contributed by atoms with Gasteiger partial charge in [0.1, 0.15) is 5.82 Å². The predicted molar refractivity (Wildman–Crippen MR) is 109 cm³/mol. The number of thioether (sulfide) groups is 1. The lowest BCUT2D eigenvalue weighted by atomic mass is 10.0. The summed E-state index contributed by atoms with van der Waals surface area (Å²) in [5.74, 6) is 0.780. The highest BCUT2D eigenvalue weighted by Crippen LogP contribution is 2.42.